The van der Waals surface area contributed by atoms with Crippen LogP contribution in [0.1, 0.15) is 40.7 Å². The van der Waals surface area contributed by atoms with E-state index in [1.807, 2.05) is 45.4 Å². The second-order valence-corrected chi connectivity index (χ2v) is 6.39. The van der Waals surface area contributed by atoms with Crippen LogP contribution in [0.2, 0.25) is 0 Å². The van der Waals surface area contributed by atoms with Crippen LogP contribution in [0.15, 0.2) is 18.3 Å². The van der Waals surface area contributed by atoms with Crippen molar-refractivity contribution in [2.75, 3.05) is 12.4 Å². The molecule has 0 spiro atoms. The van der Waals surface area contributed by atoms with Gasteiger partial charge in [0.25, 0.3) is 0 Å². The highest BCUT2D eigenvalue weighted by atomic mass is 16.6. The SMILES string of the molecule is COc1c(NC(=O)OC(C)(C)C)ccc2cnn(C(C)C)c12. The van der Waals surface area contributed by atoms with Gasteiger partial charge in [-0.3, -0.25) is 10.00 Å². The van der Waals surface area contributed by atoms with E-state index in [0.717, 1.165) is 10.9 Å². The monoisotopic (exact) mass is 305 g/mol. The third-order valence-electron chi connectivity index (χ3n) is 3.04. The molecule has 22 heavy (non-hydrogen) atoms. The summed E-state index contributed by atoms with van der Waals surface area (Å²) in [7, 11) is 1.58. The van der Waals surface area contributed by atoms with Crippen LogP contribution in [0.3, 0.4) is 0 Å². The summed E-state index contributed by atoms with van der Waals surface area (Å²) in [4.78, 5) is 12.0. The Balaban J connectivity index is 2.42. The Hall–Kier alpha value is -2.24. The van der Waals surface area contributed by atoms with E-state index in [-0.39, 0.29) is 6.04 Å². The first-order chi connectivity index (χ1) is 10.2. The highest BCUT2D eigenvalue weighted by molar-refractivity contribution is 5.96. The Morgan fingerprint density at radius 3 is 2.55 bits per heavy atom. The van der Waals surface area contributed by atoms with Gasteiger partial charge < -0.3 is 9.47 Å². The maximum absolute atomic E-state index is 12.0. The number of carbonyl (C=O) groups is 1. The summed E-state index contributed by atoms with van der Waals surface area (Å²) in [6.07, 6.45) is 1.27. The zero-order chi connectivity index (χ0) is 16.5. The largest absolute Gasteiger partial charge is 0.492 e. The number of fused-ring (bicyclic) bond motifs is 1. The predicted octanol–water partition coefficient (Wildman–Crippen LogP) is 3.97. The molecule has 6 heteroatoms. The Morgan fingerprint density at radius 2 is 2.00 bits per heavy atom. The van der Waals surface area contributed by atoms with Gasteiger partial charge in [0.15, 0.2) is 5.75 Å². The Labute approximate surface area is 130 Å². The van der Waals surface area contributed by atoms with Crippen LogP contribution < -0.4 is 10.1 Å². The van der Waals surface area contributed by atoms with E-state index in [9.17, 15) is 4.79 Å². The molecule has 0 radical (unpaired) electrons. The third kappa shape index (κ3) is 3.32. The van der Waals surface area contributed by atoms with Gasteiger partial charge in [-0.2, -0.15) is 5.10 Å². The number of hydrogen-bond acceptors (Lipinski definition) is 4. The second-order valence-electron chi connectivity index (χ2n) is 6.39. The van der Waals surface area contributed by atoms with Gasteiger partial charge in [0.1, 0.15) is 11.1 Å². The second kappa shape index (κ2) is 5.87. The van der Waals surface area contributed by atoms with Crippen molar-refractivity contribution < 1.29 is 14.3 Å². The molecule has 2 rings (SSSR count). The molecular weight excluding hydrogens is 282 g/mol. The van der Waals surface area contributed by atoms with E-state index in [1.165, 1.54) is 0 Å². The summed E-state index contributed by atoms with van der Waals surface area (Å²) < 4.78 is 12.7. The summed E-state index contributed by atoms with van der Waals surface area (Å²) in [5.74, 6) is 0.578. The molecule has 0 aliphatic carbocycles. The molecule has 1 heterocycles. The molecule has 1 aromatic carbocycles. The molecule has 2 aromatic rings. The number of methoxy groups -OCH3 is 1. The van der Waals surface area contributed by atoms with Crippen molar-refractivity contribution >= 4 is 22.7 Å². The summed E-state index contributed by atoms with van der Waals surface area (Å²) in [5, 5.41) is 8.07. The smallest absolute Gasteiger partial charge is 0.412 e. The van der Waals surface area contributed by atoms with Crippen LogP contribution in [0.4, 0.5) is 10.5 Å². The van der Waals surface area contributed by atoms with Crippen LogP contribution in [0, 0.1) is 0 Å². The van der Waals surface area contributed by atoms with Crippen molar-refractivity contribution in [3.8, 4) is 5.75 Å². The van der Waals surface area contributed by atoms with E-state index in [4.69, 9.17) is 9.47 Å². The number of rotatable bonds is 3. The molecule has 120 valence electrons. The summed E-state index contributed by atoms with van der Waals surface area (Å²) in [6.45, 7) is 9.54. The lowest BCUT2D eigenvalue weighted by Crippen LogP contribution is -2.27. The van der Waals surface area contributed by atoms with Crippen LogP contribution >= 0.6 is 0 Å². The minimum Gasteiger partial charge on any atom is -0.492 e. The molecule has 0 saturated carbocycles. The molecule has 0 unspecified atom stereocenters. The average Bonchev–Trinajstić information content (AvgIpc) is 2.80. The minimum atomic E-state index is -0.554. The van der Waals surface area contributed by atoms with Gasteiger partial charge in [-0.1, -0.05) is 0 Å². The molecule has 1 amide bonds. The maximum Gasteiger partial charge on any atom is 0.412 e. The fourth-order valence-corrected chi connectivity index (χ4v) is 2.22. The fraction of sp³-hybridized carbons (Fsp3) is 0.500. The van der Waals surface area contributed by atoms with Crippen molar-refractivity contribution in [3.05, 3.63) is 18.3 Å². The summed E-state index contributed by atoms with van der Waals surface area (Å²) in [5.41, 5.74) is 0.860. The first-order valence-electron chi connectivity index (χ1n) is 7.27. The normalized spacial score (nSPS) is 11.8. The van der Waals surface area contributed by atoms with E-state index >= 15 is 0 Å². The number of carbonyl (C=O) groups excluding carboxylic acids is 1. The number of nitrogens with zero attached hydrogens (tertiary/aromatic N) is 2. The Kier molecular flexibility index (Phi) is 4.30. The minimum absolute atomic E-state index is 0.183. The topological polar surface area (TPSA) is 65.4 Å². The lowest BCUT2D eigenvalue weighted by molar-refractivity contribution is 0.0635. The van der Waals surface area contributed by atoms with Crippen LogP contribution in [0.5, 0.6) is 5.75 Å². The van der Waals surface area contributed by atoms with Crippen molar-refractivity contribution in [1.82, 2.24) is 9.78 Å². The van der Waals surface area contributed by atoms with Crippen molar-refractivity contribution in [1.29, 1.82) is 0 Å². The molecule has 1 aromatic heterocycles. The number of anilines is 1. The molecule has 0 fully saturated rings. The first-order valence-corrected chi connectivity index (χ1v) is 7.27. The van der Waals surface area contributed by atoms with Crippen LogP contribution in [-0.2, 0) is 4.74 Å². The Morgan fingerprint density at radius 1 is 1.32 bits per heavy atom. The van der Waals surface area contributed by atoms with Gasteiger partial charge in [-0.25, -0.2) is 4.79 Å². The number of aromatic nitrogens is 2. The van der Waals surface area contributed by atoms with Crippen LogP contribution in [-0.4, -0.2) is 28.6 Å². The molecule has 0 atom stereocenters. The molecule has 0 aliphatic rings. The Bertz CT molecular complexity index is 684. The number of ether oxygens (including phenoxy) is 2. The summed E-state index contributed by atoms with van der Waals surface area (Å²) in [6, 6.07) is 3.87. The number of amides is 1. The van der Waals surface area contributed by atoms with Gasteiger partial charge in [-0.05, 0) is 46.8 Å². The fourth-order valence-electron chi connectivity index (χ4n) is 2.22. The van der Waals surface area contributed by atoms with E-state index in [0.29, 0.717) is 11.4 Å². The van der Waals surface area contributed by atoms with Crippen molar-refractivity contribution in [2.45, 2.75) is 46.3 Å². The van der Waals surface area contributed by atoms with E-state index in [1.54, 1.807) is 19.4 Å². The number of nitrogens with one attached hydrogen (secondary N) is 1. The zero-order valence-electron chi connectivity index (χ0n) is 13.9. The molecule has 6 nitrogen and oxygen atoms in total. The lowest BCUT2D eigenvalue weighted by atomic mass is 10.2. The molecule has 0 bridgehead atoms. The third-order valence-corrected chi connectivity index (χ3v) is 3.04. The lowest BCUT2D eigenvalue weighted by Gasteiger charge is -2.20. The molecule has 1 N–H and O–H groups in total. The van der Waals surface area contributed by atoms with Gasteiger partial charge >= 0.3 is 6.09 Å². The first kappa shape index (κ1) is 16.1. The van der Waals surface area contributed by atoms with Crippen molar-refractivity contribution in [2.24, 2.45) is 0 Å². The predicted molar refractivity (Wildman–Crippen MR) is 86.5 cm³/mol. The number of benzene rings is 1. The highest BCUT2D eigenvalue weighted by Gasteiger charge is 2.20. The van der Waals surface area contributed by atoms with E-state index in [2.05, 4.69) is 10.4 Å². The number of hydrogen-bond donors (Lipinski definition) is 1. The van der Waals surface area contributed by atoms with Gasteiger partial charge in [0.05, 0.1) is 19.0 Å². The van der Waals surface area contributed by atoms with Gasteiger partial charge in [0, 0.05) is 11.4 Å². The van der Waals surface area contributed by atoms with Gasteiger partial charge in [0.2, 0.25) is 0 Å². The van der Waals surface area contributed by atoms with Crippen molar-refractivity contribution in [3.63, 3.8) is 0 Å². The zero-order valence-corrected chi connectivity index (χ0v) is 13.9. The van der Waals surface area contributed by atoms with E-state index < -0.39 is 11.7 Å². The quantitative estimate of drug-likeness (QED) is 0.931. The molecular formula is C16H23N3O3. The van der Waals surface area contributed by atoms with Crippen LogP contribution in [0.25, 0.3) is 10.9 Å². The highest BCUT2D eigenvalue weighted by Crippen LogP contribution is 2.35. The molecule has 0 aliphatic heterocycles. The van der Waals surface area contributed by atoms with Gasteiger partial charge in [-0.15, -0.1) is 0 Å². The summed E-state index contributed by atoms with van der Waals surface area (Å²) >= 11 is 0. The average molecular weight is 305 g/mol. The molecule has 0 saturated heterocycles. The maximum atomic E-state index is 12.0. The standard InChI is InChI=1S/C16H23N3O3/c1-10(2)19-13-11(9-17-19)7-8-12(14(13)21-6)18-15(20)22-16(3,4)5/h7-10H,1-6H3,(H,18,20).